The third-order valence-electron chi connectivity index (χ3n) is 2.41. The van der Waals surface area contributed by atoms with Gasteiger partial charge in [-0.25, -0.2) is 8.78 Å². The molecule has 0 amide bonds. The molecule has 0 unspecified atom stereocenters. The van der Waals surface area contributed by atoms with Crippen LogP contribution in [-0.2, 0) is 6.61 Å². The summed E-state index contributed by atoms with van der Waals surface area (Å²) in [5, 5.41) is 8.55. The first-order valence-electron chi connectivity index (χ1n) is 5.80. The van der Waals surface area contributed by atoms with Crippen molar-refractivity contribution in [2.24, 2.45) is 0 Å². The highest BCUT2D eigenvalue weighted by molar-refractivity contribution is 5.39. The molecule has 1 aromatic heterocycles. The summed E-state index contributed by atoms with van der Waals surface area (Å²) in [6.45, 7) is -0.240. The van der Waals surface area contributed by atoms with E-state index in [-0.39, 0.29) is 18.8 Å². The summed E-state index contributed by atoms with van der Waals surface area (Å²) in [6, 6.07) is 5.49. The zero-order chi connectivity index (χ0) is 14.4. The SMILES string of the molecule is OCC#Cc1ccc(OCc2cncc(F)c2)cc1F. The highest BCUT2D eigenvalue weighted by Gasteiger charge is 2.03. The second-order valence-corrected chi connectivity index (χ2v) is 3.90. The minimum absolute atomic E-state index is 0.0892. The van der Waals surface area contributed by atoms with Crippen molar-refractivity contribution in [1.82, 2.24) is 4.98 Å². The Bertz CT molecular complexity index is 662. The van der Waals surface area contributed by atoms with Crippen LogP contribution in [0.1, 0.15) is 11.1 Å². The number of halogens is 2. The Kier molecular flexibility index (Phi) is 4.64. The quantitative estimate of drug-likeness (QED) is 0.874. The van der Waals surface area contributed by atoms with E-state index < -0.39 is 11.6 Å². The first-order chi connectivity index (χ1) is 9.69. The Morgan fingerprint density at radius 1 is 1.20 bits per heavy atom. The van der Waals surface area contributed by atoms with Gasteiger partial charge in [0.1, 0.15) is 30.6 Å². The fraction of sp³-hybridized carbons (Fsp3) is 0.133. The highest BCUT2D eigenvalue weighted by atomic mass is 19.1. The van der Waals surface area contributed by atoms with E-state index in [9.17, 15) is 8.78 Å². The maximum absolute atomic E-state index is 13.6. The highest BCUT2D eigenvalue weighted by Crippen LogP contribution is 2.17. The molecule has 0 spiro atoms. The molecule has 0 atom stereocenters. The third-order valence-corrected chi connectivity index (χ3v) is 2.41. The maximum Gasteiger partial charge on any atom is 0.142 e. The number of rotatable bonds is 3. The van der Waals surface area contributed by atoms with E-state index in [4.69, 9.17) is 9.84 Å². The predicted molar refractivity (Wildman–Crippen MR) is 68.9 cm³/mol. The van der Waals surface area contributed by atoms with Crippen LogP contribution in [-0.4, -0.2) is 16.7 Å². The summed E-state index contributed by atoms with van der Waals surface area (Å²) < 4.78 is 31.9. The molecule has 0 aliphatic heterocycles. The summed E-state index contributed by atoms with van der Waals surface area (Å²) in [6.07, 6.45) is 2.57. The van der Waals surface area contributed by atoms with Crippen LogP contribution in [0.5, 0.6) is 5.75 Å². The number of aliphatic hydroxyl groups is 1. The summed E-state index contributed by atoms with van der Waals surface area (Å²) in [7, 11) is 0. The summed E-state index contributed by atoms with van der Waals surface area (Å²) in [5.41, 5.74) is 0.730. The molecule has 0 radical (unpaired) electrons. The van der Waals surface area contributed by atoms with Gasteiger partial charge < -0.3 is 9.84 Å². The van der Waals surface area contributed by atoms with Crippen molar-refractivity contribution in [3.63, 3.8) is 0 Å². The second-order valence-electron chi connectivity index (χ2n) is 3.90. The smallest absolute Gasteiger partial charge is 0.142 e. The van der Waals surface area contributed by atoms with Crippen LogP contribution in [0, 0.1) is 23.5 Å². The number of nitrogens with zero attached hydrogens (tertiary/aromatic N) is 1. The van der Waals surface area contributed by atoms with Crippen LogP contribution in [0.25, 0.3) is 0 Å². The van der Waals surface area contributed by atoms with Crippen molar-refractivity contribution in [2.45, 2.75) is 6.61 Å². The Morgan fingerprint density at radius 3 is 2.75 bits per heavy atom. The van der Waals surface area contributed by atoms with E-state index in [0.717, 1.165) is 6.20 Å². The Labute approximate surface area is 114 Å². The number of ether oxygens (including phenoxy) is 1. The van der Waals surface area contributed by atoms with Gasteiger partial charge in [-0.05, 0) is 18.2 Å². The standard InChI is InChI=1S/C15H11F2NO2/c16-13-6-11(8-18-9-13)10-20-14-4-3-12(2-1-5-19)15(17)7-14/h3-4,6-9,19H,5,10H2. The molecule has 20 heavy (non-hydrogen) atoms. The average molecular weight is 275 g/mol. The first kappa shape index (κ1) is 14.0. The monoisotopic (exact) mass is 275 g/mol. The number of pyridine rings is 1. The number of benzene rings is 1. The van der Waals surface area contributed by atoms with Crippen molar-refractivity contribution >= 4 is 0 Å². The van der Waals surface area contributed by atoms with Gasteiger partial charge in [-0.3, -0.25) is 4.98 Å². The lowest BCUT2D eigenvalue weighted by molar-refractivity contribution is 0.303. The molecule has 1 heterocycles. The Hall–Kier alpha value is -2.45. The van der Waals surface area contributed by atoms with Crippen LogP contribution in [0.15, 0.2) is 36.7 Å². The molecule has 0 saturated carbocycles. The lowest BCUT2D eigenvalue weighted by atomic mass is 10.2. The molecule has 5 heteroatoms. The van der Waals surface area contributed by atoms with Crippen molar-refractivity contribution in [2.75, 3.05) is 6.61 Å². The molecule has 2 aromatic rings. The molecule has 0 fully saturated rings. The van der Waals surface area contributed by atoms with E-state index in [1.807, 2.05) is 0 Å². The van der Waals surface area contributed by atoms with E-state index in [1.54, 1.807) is 6.07 Å². The number of aliphatic hydroxyl groups excluding tert-OH is 1. The predicted octanol–water partition coefficient (Wildman–Crippen LogP) is 2.28. The van der Waals surface area contributed by atoms with Gasteiger partial charge in [0.15, 0.2) is 0 Å². The summed E-state index contributed by atoms with van der Waals surface area (Å²) >= 11 is 0. The largest absolute Gasteiger partial charge is 0.489 e. The van der Waals surface area contributed by atoms with Crippen LogP contribution in [0.3, 0.4) is 0 Å². The van der Waals surface area contributed by atoms with Crippen molar-refractivity contribution in [3.05, 3.63) is 59.4 Å². The zero-order valence-electron chi connectivity index (χ0n) is 10.4. The fourth-order valence-electron chi connectivity index (χ4n) is 1.52. The Morgan fingerprint density at radius 2 is 2.05 bits per heavy atom. The van der Waals surface area contributed by atoms with E-state index in [2.05, 4.69) is 16.8 Å². The molecular weight excluding hydrogens is 264 g/mol. The van der Waals surface area contributed by atoms with Gasteiger partial charge in [0.05, 0.1) is 11.8 Å². The molecule has 0 aliphatic rings. The van der Waals surface area contributed by atoms with Gasteiger partial charge in [-0.1, -0.05) is 11.8 Å². The first-order valence-corrected chi connectivity index (χ1v) is 5.80. The fourth-order valence-corrected chi connectivity index (χ4v) is 1.52. The van der Waals surface area contributed by atoms with Crippen LogP contribution < -0.4 is 4.74 Å². The molecular formula is C15H11F2NO2. The van der Waals surface area contributed by atoms with Gasteiger partial charge >= 0.3 is 0 Å². The van der Waals surface area contributed by atoms with Gasteiger partial charge in [0.2, 0.25) is 0 Å². The van der Waals surface area contributed by atoms with Gasteiger partial charge in [-0.2, -0.15) is 0 Å². The molecule has 0 saturated heterocycles. The van der Waals surface area contributed by atoms with E-state index in [0.29, 0.717) is 11.3 Å². The minimum atomic E-state index is -0.541. The summed E-state index contributed by atoms with van der Waals surface area (Å²) in [4.78, 5) is 3.69. The van der Waals surface area contributed by atoms with Crippen LogP contribution in [0.2, 0.25) is 0 Å². The Balaban J connectivity index is 2.05. The van der Waals surface area contributed by atoms with Gasteiger partial charge in [0, 0.05) is 17.8 Å². The van der Waals surface area contributed by atoms with Gasteiger partial charge in [-0.15, -0.1) is 0 Å². The van der Waals surface area contributed by atoms with Crippen molar-refractivity contribution < 1.29 is 18.6 Å². The molecule has 2 rings (SSSR count). The summed E-state index contributed by atoms with van der Waals surface area (Å²) in [5.74, 6) is 4.16. The lowest BCUT2D eigenvalue weighted by Crippen LogP contribution is -1.97. The van der Waals surface area contributed by atoms with Crippen LogP contribution in [0.4, 0.5) is 8.78 Å². The minimum Gasteiger partial charge on any atom is -0.489 e. The molecule has 102 valence electrons. The van der Waals surface area contributed by atoms with Crippen molar-refractivity contribution in [3.8, 4) is 17.6 Å². The number of aromatic nitrogens is 1. The molecule has 1 aromatic carbocycles. The average Bonchev–Trinajstić information content (AvgIpc) is 2.44. The lowest BCUT2D eigenvalue weighted by Gasteiger charge is -2.06. The number of hydrogen-bond acceptors (Lipinski definition) is 3. The molecule has 3 nitrogen and oxygen atoms in total. The van der Waals surface area contributed by atoms with Gasteiger partial charge in [0.25, 0.3) is 0 Å². The second kappa shape index (κ2) is 6.64. The van der Waals surface area contributed by atoms with Crippen LogP contribution >= 0.6 is 0 Å². The molecule has 0 bridgehead atoms. The topological polar surface area (TPSA) is 42.4 Å². The number of hydrogen-bond donors (Lipinski definition) is 1. The maximum atomic E-state index is 13.6. The molecule has 0 aliphatic carbocycles. The van der Waals surface area contributed by atoms with E-state index >= 15 is 0 Å². The zero-order valence-corrected chi connectivity index (χ0v) is 10.4. The molecule has 1 N–H and O–H groups in total. The normalized spacial score (nSPS) is 9.75. The third kappa shape index (κ3) is 3.77. The van der Waals surface area contributed by atoms with E-state index in [1.165, 1.54) is 24.4 Å². The van der Waals surface area contributed by atoms with Crippen molar-refractivity contribution in [1.29, 1.82) is 0 Å².